The SMILES string of the molecule is CC1(C)CN(S(=O)(=O)c2ccc(F)cc2)c2cc(CC(=O)c3c(F)cccc3Cl)ccc2O1.CC1(C)CN(S(=O)(=O)c2ccc(F)cc2)c2cc(N)ccc2O1. The first-order valence-corrected chi connectivity index (χ1v) is 20.4. The summed E-state index contributed by atoms with van der Waals surface area (Å²) < 4.78 is 108. The van der Waals surface area contributed by atoms with Crippen molar-refractivity contribution in [3.63, 3.8) is 0 Å². The molecule has 294 valence electrons. The van der Waals surface area contributed by atoms with Gasteiger partial charge in [0.2, 0.25) is 0 Å². The molecule has 5 aromatic rings. The Labute approximate surface area is 328 Å². The fourth-order valence-electron chi connectivity index (χ4n) is 6.23. The van der Waals surface area contributed by atoms with E-state index in [4.69, 9.17) is 26.8 Å². The zero-order chi connectivity index (χ0) is 40.8. The maximum Gasteiger partial charge on any atom is 0.264 e. The number of Topliss-reactive ketones (excluding diaryl/α,β-unsaturated/α-hetero) is 1. The van der Waals surface area contributed by atoms with Gasteiger partial charge in [0.1, 0.15) is 40.2 Å². The molecule has 7 rings (SSSR count). The van der Waals surface area contributed by atoms with Crippen molar-refractivity contribution in [2.24, 2.45) is 0 Å². The molecule has 2 aliphatic heterocycles. The highest BCUT2D eigenvalue weighted by molar-refractivity contribution is 7.93. The molecule has 0 saturated heterocycles. The van der Waals surface area contributed by atoms with E-state index in [-0.39, 0.29) is 45.6 Å². The number of halogens is 4. The molecule has 0 bridgehead atoms. The van der Waals surface area contributed by atoms with Gasteiger partial charge in [0, 0.05) is 12.1 Å². The van der Waals surface area contributed by atoms with Gasteiger partial charge < -0.3 is 15.2 Å². The monoisotopic (exact) mass is 827 g/mol. The predicted octanol–water partition coefficient (Wildman–Crippen LogP) is 8.18. The number of benzene rings is 5. The topological polar surface area (TPSA) is 136 Å². The van der Waals surface area contributed by atoms with E-state index in [1.165, 1.54) is 51.1 Å². The summed E-state index contributed by atoms with van der Waals surface area (Å²) in [6.07, 6.45) is -0.193. The molecule has 0 atom stereocenters. The van der Waals surface area contributed by atoms with Gasteiger partial charge in [-0.25, -0.2) is 30.0 Å². The van der Waals surface area contributed by atoms with E-state index in [2.05, 4.69) is 0 Å². The summed E-state index contributed by atoms with van der Waals surface area (Å²) in [4.78, 5) is 12.7. The van der Waals surface area contributed by atoms with Gasteiger partial charge in [-0.1, -0.05) is 23.7 Å². The van der Waals surface area contributed by atoms with Crippen LogP contribution >= 0.6 is 11.6 Å². The zero-order valence-corrected chi connectivity index (χ0v) is 33.0. The Balaban J connectivity index is 0.000000202. The third kappa shape index (κ3) is 8.44. The van der Waals surface area contributed by atoms with Crippen LogP contribution in [-0.4, -0.2) is 46.9 Å². The molecule has 0 aliphatic carbocycles. The molecule has 0 aromatic heterocycles. The molecule has 5 aromatic carbocycles. The van der Waals surface area contributed by atoms with E-state index in [1.807, 2.05) is 0 Å². The third-order valence-corrected chi connectivity index (χ3v) is 12.6. The summed E-state index contributed by atoms with van der Waals surface area (Å²) in [5, 5.41) is 0.00329. The quantitative estimate of drug-likeness (QED) is 0.128. The molecule has 0 saturated carbocycles. The van der Waals surface area contributed by atoms with Crippen LogP contribution in [0.25, 0.3) is 0 Å². The molecule has 56 heavy (non-hydrogen) atoms. The highest BCUT2D eigenvalue weighted by atomic mass is 35.5. The molecule has 2 heterocycles. The number of carbonyl (C=O) groups excluding carboxylic acids is 1. The Hall–Kier alpha value is -5.25. The third-order valence-electron chi connectivity index (χ3n) is 8.77. The maximum absolute atomic E-state index is 14.2. The maximum atomic E-state index is 14.2. The summed E-state index contributed by atoms with van der Waals surface area (Å²) in [5.41, 5.74) is 5.55. The van der Waals surface area contributed by atoms with E-state index in [9.17, 15) is 34.8 Å². The number of nitrogen functional groups attached to an aromatic ring is 1. The Morgan fingerprint density at radius 1 is 0.696 bits per heavy atom. The summed E-state index contributed by atoms with van der Waals surface area (Å²) in [6.45, 7) is 7.24. The standard InChI is InChI=1S/C24H20ClF2NO4S.C16H17FN2O3S/c1-24(2)14-28(33(30,31)17-9-7-16(26)8-10-17)20-12-15(6-11-22(20)32-24)13-21(29)23-18(25)4-3-5-19(23)27;1-16(2)10-19(14-9-12(18)5-8-15(14)22-16)23(20,21)13-6-3-11(17)4-7-13/h3-12H,13-14H2,1-2H3;3-9H,10,18H2,1-2H3. The molecule has 10 nitrogen and oxygen atoms in total. The Bertz CT molecular complexity index is 2520. The van der Waals surface area contributed by atoms with Crippen molar-refractivity contribution in [2.45, 2.75) is 55.1 Å². The van der Waals surface area contributed by atoms with E-state index in [1.54, 1.807) is 58.0 Å². The molecule has 2 N–H and O–H groups in total. The fourth-order valence-corrected chi connectivity index (χ4v) is 9.73. The van der Waals surface area contributed by atoms with Crippen molar-refractivity contribution in [1.82, 2.24) is 0 Å². The van der Waals surface area contributed by atoms with Crippen LogP contribution < -0.4 is 23.8 Å². The minimum absolute atomic E-state index is 0.00329. The predicted molar refractivity (Wildman–Crippen MR) is 208 cm³/mol. The summed E-state index contributed by atoms with van der Waals surface area (Å²) in [6, 6.07) is 22.9. The summed E-state index contributed by atoms with van der Waals surface area (Å²) in [7, 11) is -7.90. The fraction of sp³-hybridized carbons (Fsp3) is 0.225. The second-order valence-electron chi connectivity index (χ2n) is 14.4. The Morgan fingerprint density at radius 3 is 1.64 bits per heavy atom. The number of hydrogen-bond donors (Lipinski definition) is 1. The van der Waals surface area contributed by atoms with Gasteiger partial charge in [-0.3, -0.25) is 13.4 Å². The zero-order valence-electron chi connectivity index (χ0n) is 30.6. The first-order chi connectivity index (χ1) is 26.2. The first-order valence-electron chi connectivity index (χ1n) is 17.1. The van der Waals surface area contributed by atoms with Gasteiger partial charge >= 0.3 is 0 Å². The number of rotatable bonds is 7. The first kappa shape index (κ1) is 40.4. The van der Waals surface area contributed by atoms with E-state index in [0.29, 0.717) is 28.4 Å². The van der Waals surface area contributed by atoms with E-state index < -0.39 is 54.5 Å². The largest absolute Gasteiger partial charge is 0.484 e. The molecule has 0 fully saturated rings. The number of ketones is 1. The van der Waals surface area contributed by atoms with Crippen LogP contribution in [0.2, 0.25) is 5.02 Å². The Morgan fingerprint density at radius 2 is 1.16 bits per heavy atom. The van der Waals surface area contributed by atoms with Crippen molar-refractivity contribution in [3.05, 3.63) is 137 Å². The van der Waals surface area contributed by atoms with Gasteiger partial charge in [-0.15, -0.1) is 0 Å². The number of fused-ring (bicyclic) bond motifs is 2. The second-order valence-corrected chi connectivity index (χ2v) is 18.5. The van der Waals surface area contributed by atoms with E-state index >= 15 is 0 Å². The molecular weight excluding hydrogens is 791 g/mol. The minimum Gasteiger partial charge on any atom is -0.484 e. The molecule has 0 amide bonds. The molecule has 2 aliphatic rings. The van der Waals surface area contributed by atoms with Crippen LogP contribution in [0, 0.1) is 17.5 Å². The van der Waals surface area contributed by atoms with Crippen molar-refractivity contribution < 1.29 is 44.3 Å². The molecular formula is C40H37ClF3N3O7S2. The van der Waals surface area contributed by atoms with Crippen LogP contribution in [0.5, 0.6) is 11.5 Å². The van der Waals surface area contributed by atoms with Gasteiger partial charge in [0.05, 0.1) is 44.8 Å². The number of hydrogen-bond acceptors (Lipinski definition) is 8. The van der Waals surface area contributed by atoms with Gasteiger partial charge in [-0.05, 0) is 124 Å². The van der Waals surface area contributed by atoms with Crippen molar-refractivity contribution in [1.29, 1.82) is 0 Å². The van der Waals surface area contributed by atoms with Crippen molar-refractivity contribution >= 4 is 54.5 Å². The lowest BCUT2D eigenvalue weighted by Gasteiger charge is -2.40. The molecule has 0 unspecified atom stereocenters. The Kier molecular flexibility index (Phi) is 10.8. The number of nitrogens with two attached hydrogens (primary N) is 1. The van der Waals surface area contributed by atoms with Crippen LogP contribution in [0.3, 0.4) is 0 Å². The van der Waals surface area contributed by atoms with E-state index in [0.717, 1.165) is 30.3 Å². The lowest BCUT2D eigenvalue weighted by Crippen LogP contribution is -2.49. The average molecular weight is 828 g/mol. The number of nitrogens with zero attached hydrogens (tertiary/aromatic N) is 2. The van der Waals surface area contributed by atoms with Crippen LogP contribution in [0.4, 0.5) is 30.2 Å². The summed E-state index contributed by atoms with van der Waals surface area (Å²) >= 11 is 6.00. The number of anilines is 3. The van der Waals surface area contributed by atoms with Crippen LogP contribution in [-0.2, 0) is 26.5 Å². The summed E-state index contributed by atoms with van der Waals surface area (Å²) in [5.74, 6) is -1.54. The molecule has 0 spiro atoms. The van der Waals surface area contributed by atoms with Gasteiger partial charge in [0.15, 0.2) is 5.78 Å². The average Bonchev–Trinajstić information content (AvgIpc) is 3.11. The lowest BCUT2D eigenvalue weighted by molar-refractivity contribution is 0.0987. The van der Waals surface area contributed by atoms with Crippen LogP contribution in [0.15, 0.2) is 113 Å². The number of ether oxygens (including phenoxy) is 2. The van der Waals surface area contributed by atoms with Gasteiger partial charge in [0.25, 0.3) is 20.0 Å². The number of carbonyl (C=O) groups is 1. The van der Waals surface area contributed by atoms with Crippen LogP contribution in [0.1, 0.15) is 43.6 Å². The second kappa shape index (κ2) is 15.0. The van der Waals surface area contributed by atoms with Crippen molar-refractivity contribution in [2.75, 3.05) is 27.4 Å². The smallest absolute Gasteiger partial charge is 0.264 e. The van der Waals surface area contributed by atoms with Gasteiger partial charge in [-0.2, -0.15) is 0 Å². The normalized spacial score (nSPS) is 15.6. The van der Waals surface area contributed by atoms with Crippen molar-refractivity contribution in [3.8, 4) is 11.5 Å². The molecule has 0 radical (unpaired) electrons. The highest BCUT2D eigenvalue weighted by Gasteiger charge is 2.40. The highest BCUT2D eigenvalue weighted by Crippen LogP contribution is 2.42. The number of sulfonamides is 2. The minimum atomic E-state index is -4.05. The molecule has 16 heteroatoms. The lowest BCUT2D eigenvalue weighted by atomic mass is 10.0.